The molecule has 1 fully saturated rings. The molecule has 7 heteroatoms. The maximum atomic E-state index is 12.2. The predicted octanol–water partition coefficient (Wildman–Crippen LogP) is -0.398. The number of aryl methyl sites for hydroxylation is 1. The lowest BCUT2D eigenvalue weighted by atomic mass is 10.2. The van der Waals surface area contributed by atoms with Crippen LogP contribution in [0.5, 0.6) is 0 Å². The minimum Gasteiger partial charge on any atom is -0.378 e. The second-order valence-electron chi connectivity index (χ2n) is 5.21. The minimum absolute atomic E-state index is 0.103. The Morgan fingerprint density at radius 2 is 2.05 bits per heavy atom. The van der Waals surface area contributed by atoms with Crippen molar-refractivity contribution in [2.75, 3.05) is 26.3 Å². The summed E-state index contributed by atoms with van der Waals surface area (Å²) in [7, 11) is 0. The summed E-state index contributed by atoms with van der Waals surface area (Å²) in [6.45, 7) is 4.14. The monoisotopic (exact) mass is 307 g/mol. The highest BCUT2D eigenvalue weighted by Crippen LogP contribution is 2.01. The molecule has 2 rings (SSSR count). The Bertz CT molecular complexity index is 578. The van der Waals surface area contributed by atoms with E-state index < -0.39 is 6.04 Å². The van der Waals surface area contributed by atoms with Gasteiger partial charge in [0.1, 0.15) is 6.04 Å². The molecule has 22 heavy (non-hydrogen) atoms. The molecule has 7 nitrogen and oxygen atoms in total. The number of nitrogens with zero attached hydrogens (tertiary/aromatic N) is 2. The molecule has 1 aromatic rings. The molecule has 120 valence electrons. The van der Waals surface area contributed by atoms with Crippen LogP contribution in [0.1, 0.15) is 13.3 Å². The topological polar surface area (TPSA) is 80.6 Å². The Kier molecular flexibility index (Phi) is 5.71. The highest BCUT2D eigenvalue weighted by Gasteiger charge is 2.23. The van der Waals surface area contributed by atoms with E-state index in [4.69, 9.17) is 4.74 Å². The fourth-order valence-corrected chi connectivity index (χ4v) is 2.30. The summed E-state index contributed by atoms with van der Waals surface area (Å²) in [5.74, 6) is -0.349. The van der Waals surface area contributed by atoms with Crippen molar-refractivity contribution in [2.24, 2.45) is 0 Å². The van der Waals surface area contributed by atoms with Crippen LogP contribution in [0.15, 0.2) is 29.2 Å². The molecular formula is C15H21N3O4. The van der Waals surface area contributed by atoms with Crippen LogP contribution in [0.2, 0.25) is 0 Å². The summed E-state index contributed by atoms with van der Waals surface area (Å²) in [5.41, 5.74) is -0.146. The number of carbonyl (C=O) groups is 2. The SMILES string of the molecule is CC(NC(=O)CCn1ccccc1=O)C(=O)N1CCOCC1. The normalized spacial score (nSPS) is 16.1. The van der Waals surface area contributed by atoms with E-state index in [2.05, 4.69) is 5.32 Å². The van der Waals surface area contributed by atoms with Gasteiger partial charge in [-0.1, -0.05) is 6.07 Å². The molecule has 1 saturated heterocycles. The average molecular weight is 307 g/mol. The average Bonchev–Trinajstić information content (AvgIpc) is 2.54. The molecule has 0 saturated carbocycles. The largest absolute Gasteiger partial charge is 0.378 e. The van der Waals surface area contributed by atoms with Crippen molar-refractivity contribution < 1.29 is 14.3 Å². The van der Waals surface area contributed by atoms with Crippen LogP contribution in [0.25, 0.3) is 0 Å². The number of amides is 2. The lowest BCUT2D eigenvalue weighted by Crippen LogP contribution is -2.50. The number of hydrogen-bond donors (Lipinski definition) is 1. The predicted molar refractivity (Wildman–Crippen MR) is 80.3 cm³/mol. The molecule has 0 bridgehead atoms. The quantitative estimate of drug-likeness (QED) is 0.803. The van der Waals surface area contributed by atoms with Crippen molar-refractivity contribution in [3.05, 3.63) is 34.7 Å². The number of aromatic nitrogens is 1. The van der Waals surface area contributed by atoms with Gasteiger partial charge in [0.15, 0.2) is 0 Å². The van der Waals surface area contributed by atoms with Crippen molar-refractivity contribution in [3.63, 3.8) is 0 Å². The van der Waals surface area contributed by atoms with Gasteiger partial charge in [-0.25, -0.2) is 0 Å². The van der Waals surface area contributed by atoms with Crippen LogP contribution in [0.4, 0.5) is 0 Å². The standard InChI is InChI=1S/C15H21N3O4/c1-12(15(21)18-8-10-22-11-9-18)16-13(19)5-7-17-6-3-2-4-14(17)20/h2-4,6,12H,5,7-11H2,1H3,(H,16,19). The van der Waals surface area contributed by atoms with E-state index >= 15 is 0 Å². The lowest BCUT2D eigenvalue weighted by Gasteiger charge is -2.29. The first-order chi connectivity index (χ1) is 10.6. The highest BCUT2D eigenvalue weighted by molar-refractivity contribution is 5.87. The maximum absolute atomic E-state index is 12.2. The van der Waals surface area contributed by atoms with Crippen LogP contribution >= 0.6 is 0 Å². The second-order valence-corrected chi connectivity index (χ2v) is 5.21. The van der Waals surface area contributed by atoms with E-state index in [1.165, 1.54) is 10.6 Å². The van der Waals surface area contributed by atoms with Gasteiger partial charge in [-0.3, -0.25) is 14.4 Å². The third kappa shape index (κ3) is 4.42. The van der Waals surface area contributed by atoms with Crippen molar-refractivity contribution >= 4 is 11.8 Å². The minimum atomic E-state index is -0.571. The summed E-state index contributed by atoms with van der Waals surface area (Å²) in [6, 6.07) is 4.27. The van der Waals surface area contributed by atoms with Crippen molar-refractivity contribution in [1.82, 2.24) is 14.8 Å². The first kappa shape index (κ1) is 16.2. The molecule has 0 radical (unpaired) electrons. The molecule has 1 aromatic heterocycles. The molecule has 2 heterocycles. The number of morpholine rings is 1. The second kappa shape index (κ2) is 7.74. The van der Waals surface area contributed by atoms with E-state index in [9.17, 15) is 14.4 Å². The summed E-state index contributed by atoms with van der Waals surface area (Å²) in [5, 5.41) is 2.68. The number of pyridine rings is 1. The van der Waals surface area contributed by atoms with E-state index in [-0.39, 0.29) is 23.8 Å². The molecule has 0 aromatic carbocycles. The molecular weight excluding hydrogens is 286 g/mol. The Hall–Kier alpha value is -2.15. The zero-order chi connectivity index (χ0) is 15.9. The van der Waals surface area contributed by atoms with Gasteiger partial charge in [0.05, 0.1) is 13.2 Å². The molecule has 1 N–H and O–H groups in total. The van der Waals surface area contributed by atoms with Gasteiger partial charge in [-0.05, 0) is 13.0 Å². The van der Waals surface area contributed by atoms with Gasteiger partial charge in [-0.2, -0.15) is 0 Å². The van der Waals surface area contributed by atoms with E-state index in [0.29, 0.717) is 32.8 Å². The number of carbonyl (C=O) groups excluding carboxylic acids is 2. The first-order valence-corrected chi connectivity index (χ1v) is 7.39. The Balaban J connectivity index is 1.79. The molecule has 1 unspecified atom stereocenters. The first-order valence-electron chi connectivity index (χ1n) is 7.39. The van der Waals surface area contributed by atoms with Gasteiger partial charge in [-0.15, -0.1) is 0 Å². The Morgan fingerprint density at radius 1 is 1.32 bits per heavy atom. The number of ether oxygens (including phenoxy) is 1. The van der Waals surface area contributed by atoms with Crippen LogP contribution in [0.3, 0.4) is 0 Å². The van der Waals surface area contributed by atoms with Gasteiger partial charge in [0.25, 0.3) is 5.56 Å². The molecule has 1 aliphatic heterocycles. The molecule has 1 atom stereocenters. The van der Waals surface area contributed by atoms with Crippen LogP contribution < -0.4 is 10.9 Å². The van der Waals surface area contributed by atoms with E-state index in [1.807, 2.05) is 0 Å². The molecule has 2 amide bonds. The maximum Gasteiger partial charge on any atom is 0.250 e. The fraction of sp³-hybridized carbons (Fsp3) is 0.533. The number of nitrogens with one attached hydrogen (secondary N) is 1. The smallest absolute Gasteiger partial charge is 0.250 e. The highest BCUT2D eigenvalue weighted by atomic mass is 16.5. The Morgan fingerprint density at radius 3 is 2.73 bits per heavy atom. The molecule has 0 spiro atoms. The third-order valence-electron chi connectivity index (χ3n) is 3.55. The van der Waals surface area contributed by atoms with Gasteiger partial charge < -0.3 is 19.5 Å². The van der Waals surface area contributed by atoms with E-state index in [0.717, 1.165) is 0 Å². The van der Waals surface area contributed by atoms with Crippen LogP contribution in [-0.2, 0) is 20.9 Å². The van der Waals surface area contributed by atoms with Gasteiger partial charge >= 0.3 is 0 Å². The zero-order valence-corrected chi connectivity index (χ0v) is 12.7. The van der Waals surface area contributed by atoms with Gasteiger partial charge in [0, 0.05) is 38.3 Å². The zero-order valence-electron chi connectivity index (χ0n) is 12.7. The summed E-state index contributed by atoms with van der Waals surface area (Å²) in [6.07, 6.45) is 1.79. The third-order valence-corrected chi connectivity index (χ3v) is 3.55. The van der Waals surface area contributed by atoms with Crippen LogP contribution in [-0.4, -0.2) is 53.6 Å². The summed E-state index contributed by atoms with van der Waals surface area (Å²) < 4.78 is 6.66. The van der Waals surface area contributed by atoms with E-state index in [1.54, 1.807) is 30.2 Å². The van der Waals surface area contributed by atoms with Gasteiger partial charge in [0.2, 0.25) is 11.8 Å². The summed E-state index contributed by atoms with van der Waals surface area (Å²) >= 11 is 0. The van der Waals surface area contributed by atoms with Crippen LogP contribution in [0, 0.1) is 0 Å². The Labute approximate surface area is 128 Å². The van der Waals surface area contributed by atoms with Crippen molar-refractivity contribution in [1.29, 1.82) is 0 Å². The lowest BCUT2D eigenvalue weighted by molar-refractivity contribution is -0.139. The summed E-state index contributed by atoms with van der Waals surface area (Å²) in [4.78, 5) is 37.3. The van der Waals surface area contributed by atoms with Crippen molar-refractivity contribution in [2.45, 2.75) is 25.9 Å². The number of rotatable bonds is 5. The number of hydrogen-bond acceptors (Lipinski definition) is 4. The van der Waals surface area contributed by atoms with Crippen molar-refractivity contribution in [3.8, 4) is 0 Å². The fourth-order valence-electron chi connectivity index (χ4n) is 2.30. The molecule has 0 aliphatic carbocycles. The molecule has 1 aliphatic rings.